The van der Waals surface area contributed by atoms with E-state index in [-0.39, 0.29) is 0 Å². The molecule has 5 nitrogen and oxygen atoms in total. The fourth-order valence-corrected chi connectivity index (χ4v) is 7.73. The Kier molecular flexibility index (Phi) is 14.4. The van der Waals surface area contributed by atoms with Gasteiger partial charge in [0.15, 0.2) is 0 Å². The van der Waals surface area contributed by atoms with Gasteiger partial charge in [0.2, 0.25) is 0 Å². The van der Waals surface area contributed by atoms with Gasteiger partial charge in [-0.15, -0.1) is 0 Å². The average molecular weight is 628 g/mol. The summed E-state index contributed by atoms with van der Waals surface area (Å²) in [6.07, 6.45) is 5.76. The van der Waals surface area contributed by atoms with Gasteiger partial charge in [0.25, 0.3) is 0 Å². The van der Waals surface area contributed by atoms with Crippen molar-refractivity contribution in [3.05, 3.63) is 97.1 Å². The van der Waals surface area contributed by atoms with Gasteiger partial charge in [0.1, 0.15) is 23.0 Å². The van der Waals surface area contributed by atoms with E-state index >= 15 is 0 Å². The Morgan fingerprint density at radius 1 is 0.467 bits per heavy atom. The second kappa shape index (κ2) is 19.0. The molecule has 4 aromatic rings. The first-order chi connectivity index (χ1) is 22.2. The molecule has 0 N–H and O–H groups in total. The van der Waals surface area contributed by atoms with E-state index in [1.54, 1.807) is 0 Å². The molecule has 0 aliphatic rings. The Morgan fingerprint density at radius 2 is 0.822 bits per heavy atom. The van der Waals surface area contributed by atoms with Gasteiger partial charge < -0.3 is 23.8 Å². The van der Waals surface area contributed by atoms with Crippen LogP contribution in [0.5, 0.6) is 23.0 Å². The van der Waals surface area contributed by atoms with Crippen molar-refractivity contribution in [1.82, 2.24) is 0 Å². The van der Waals surface area contributed by atoms with Crippen LogP contribution in [0.15, 0.2) is 97.1 Å². The highest BCUT2D eigenvalue weighted by Gasteiger charge is 2.24. The molecule has 0 fully saturated rings. The van der Waals surface area contributed by atoms with Crippen LogP contribution in [0.1, 0.15) is 59.8 Å². The maximum Gasteiger partial charge on any atom is 0.142 e. The molecule has 0 aliphatic carbocycles. The molecule has 240 valence electrons. The van der Waals surface area contributed by atoms with Gasteiger partial charge in [-0.3, -0.25) is 0 Å². The molecule has 0 aliphatic heterocycles. The molecule has 6 heteroatoms. The number of rotatable bonds is 20. The monoisotopic (exact) mass is 627 g/mol. The van der Waals surface area contributed by atoms with Crippen molar-refractivity contribution >= 4 is 29.9 Å². The zero-order chi connectivity index (χ0) is 31.7. The van der Waals surface area contributed by atoms with Gasteiger partial charge in [-0.25, -0.2) is 0 Å². The molecule has 0 heterocycles. The normalized spacial score (nSPS) is 11.0. The Labute approximate surface area is 272 Å². The summed E-state index contributed by atoms with van der Waals surface area (Å²) < 4.78 is 25.2. The molecule has 0 spiro atoms. The van der Waals surface area contributed by atoms with Crippen LogP contribution < -0.4 is 34.5 Å². The molecule has 0 saturated carbocycles. The Hall–Kier alpha value is -3.69. The molecule has 0 radical (unpaired) electrons. The smallest absolute Gasteiger partial charge is 0.142 e. The fraction of sp³-hybridized carbons (Fsp3) is 0.385. The van der Waals surface area contributed by atoms with Crippen molar-refractivity contribution in [2.75, 3.05) is 44.0 Å². The summed E-state index contributed by atoms with van der Waals surface area (Å²) in [5, 5.41) is 2.52. The van der Waals surface area contributed by atoms with Crippen molar-refractivity contribution < 1.29 is 18.9 Å². The van der Waals surface area contributed by atoms with Crippen molar-refractivity contribution in [2.24, 2.45) is 0 Å². The summed E-state index contributed by atoms with van der Waals surface area (Å²) in [6, 6.07) is 33.9. The van der Waals surface area contributed by atoms with E-state index in [9.17, 15) is 0 Å². The largest absolute Gasteiger partial charge is 0.493 e. The van der Waals surface area contributed by atoms with Crippen LogP contribution in [0.2, 0.25) is 0 Å². The third-order valence-electron chi connectivity index (χ3n) is 7.23. The molecule has 0 aromatic heterocycles. The molecule has 45 heavy (non-hydrogen) atoms. The standard InChI is InChI=1S/C39H50NO4P/c1-5-27-41-34-20-11-9-18-32(34)40(33-19-10-12-21-35(33)42-28-6-2)26-17-31-45(38-24-15-13-22-36(38)43-29-7-3)39-25-16-14-23-37(39)44-30-8-4/h9-16,18-25H,5-8,17,26-31H2,1-4H3. The minimum Gasteiger partial charge on any atom is -0.493 e. The highest BCUT2D eigenvalue weighted by atomic mass is 31.1. The number of nitrogens with zero attached hydrogens (tertiary/aromatic N) is 1. The van der Waals surface area contributed by atoms with Gasteiger partial charge in [-0.2, -0.15) is 0 Å². The van der Waals surface area contributed by atoms with Gasteiger partial charge in [0.05, 0.1) is 37.8 Å². The van der Waals surface area contributed by atoms with Gasteiger partial charge in [-0.1, -0.05) is 88.4 Å². The van der Waals surface area contributed by atoms with E-state index in [1.807, 2.05) is 12.1 Å². The summed E-state index contributed by atoms with van der Waals surface area (Å²) in [7, 11) is -0.767. The fourth-order valence-electron chi connectivity index (χ4n) is 5.19. The summed E-state index contributed by atoms with van der Waals surface area (Å²) in [4.78, 5) is 2.38. The average Bonchev–Trinajstić information content (AvgIpc) is 3.09. The molecular weight excluding hydrogens is 577 g/mol. The summed E-state index contributed by atoms with van der Waals surface area (Å²) in [6.45, 7) is 12.1. The first kappa shape index (κ1) is 34.2. The van der Waals surface area contributed by atoms with Gasteiger partial charge in [-0.05, 0) is 82.6 Å². The molecular formula is C39H50NO4P. The molecule has 0 amide bonds. The number of hydrogen-bond donors (Lipinski definition) is 0. The third kappa shape index (κ3) is 9.65. The predicted molar refractivity (Wildman–Crippen MR) is 192 cm³/mol. The lowest BCUT2D eigenvalue weighted by Gasteiger charge is -2.30. The Balaban J connectivity index is 1.72. The molecule has 4 rings (SSSR count). The third-order valence-corrected chi connectivity index (χ3v) is 9.90. The van der Waals surface area contributed by atoms with E-state index in [0.29, 0.717) is 26.4 Å². The minimum absolute atomic E-state index is 0.674. The first-order valence-corrected chi connectivity index (χ1v) is 18.2. The predicted octanol–water partition coefficient (Wildman–Crippen LogP) is 9.50. The Morgan fingerprint density at radius 3 is 1.24 bits per heavy atom. The maximum absolute atomic E-state index is 6.31. The van der Waals surface area contributed by atoms with E-state index in [1.165, 1.54) is 10.6 Å². The summed E-state index contributed by atoms with van der Waals surface area (Å²) in [5.41, 5.74) is 2.11. The van der Waals surface area contributed by atoms with Crippen molar-refractivity contribution in [3.8, 4) is 23.0 Å². The number of benzene rings is 4. The second-order valence-electron chi connectivity index (χ2n) is 10.9. The van der Waals surface area contributed by atoms with Gasteiger partial charge >= 0.3 is 0 Å². The maximum atomic E-state index is 6.31. The lowest BCUT2D eigenvalue weighted by atomic mass is 10.2. The highest BCUT2D eigenvalue weighted by molar-refractivity contribution is 7.73. The van der Waals surface area contributed by atoms with E-state index in [4.69, 9.17) is 18.9 Å². The molecule has 0 saturated heterocycles. The summed E-state index contributed by atoms with van der Waals surface area (Å²) >= 11 is 0. The van der Waals surface area contributed by atoms with Crippen LogP contribution in [0.3, 0.4) is 0 Å². The number of ether oxygens (including phenoxy) is 4. The second-order valence-corrected chi connectivity index (χ2v) is 13.2. The number of para-hydroxylation sites is 6. The molecule has 0 unspecified atom stereocenters. The van der Waals surface area contributed by atoms with Crippen LogP contribution >= 0.6 is 7.92 Å². The zero-order valence-corrected chi connectivity index (χ0v) is 28.4. The van der Waals surface area contributed by atoms with E-state index < -0.39 is 7.92 Å². The van der Waals surface area contributed by atoms with Crippen molar-refractivity contribution in [1.29, 1.82) is 0 Å². The lowest BCUT2D eigenvalue weighted by molar-refractivity contribution is 0.315. The van der Waals surface area contributed by atoms with E-state index in [0.717, 1.165) is 79.2 Å². The van der Waals surface area contributed by atoms with Crippen LogP contribution in [0, 0.1) is 0 Å². The molecule has 4 aromatic carbocycles. The number of hydrogen-bond acceptors (Lipinski definition) is 5. The van der Waals surface area contributed by atoms with Crippen molar-refractivity contribution in [3.63, 3.8) is 0 Å². The topological polar surface area (TPSA) is 40.2 Å². The van der Waals surface area contributed by atoms with E-state index in [2.05, 4.69) is 118 Å². The minimum atomic E-state index is -0.767. The van der Waals surface area contributed by atoms with Crippen LogP contribution in [0.25, 0.3) is 0 Å². The zero-order valence-electron chi connectivity index (χ0n) is 27.5. The first-order valence-electron chi connectivity index (χ1n) is 16.6. The van der Waals surface area contributed by atoms with Crippen LogP contribution in [-0.2, 0) is 0 Å². The lowest BCUT2D eigenvalue weighted by Crippen LogP contribution is -2.24. The SMILES string of the molecule is CCCOc1ccccc1N(CCCP(c1ccccc1OCCC)c1ccccc1OCCC)c1ccccc1OCCC. The quantitative estimate of drug-likeness (QED) is 0.0913. The van der Waals surface area contributed by atoms with Gasteiger partial charge in [0, 0.05) is 17.2 Å². The molecule has 0 atom stereocenters. The molecule has 0 bridgehead atoms. The highest BCUT2D eigenvalue weighted by Crippen LogP contribution is 2.43. The van der Waals surface area contributed by atoms with Crippen LogP contribution in [0.4, 0.5) is 11.4 Å². The Bertz CT molecular complexity index is 1220. The number of anilines is 2. The van der Waals surface area contributed by atoms with Crippen molar-refractivity contribution in [2.45, 2.75) is 59.8 Å². The summed E-state index contributed by atoms with van der Waals surface area (Å²) in [5.74, 6) is 3.74. The van der Waals surface area contributed by atoms with Crippen LogP contribution in [-0.4, -0.2) is 39.1 Å².